The standard InChI is InChI=1S/C16H20IN3O5/c1-16(2,3)24-15(23)19-10-11(13(18)21)20(14(10)22)25-12(17)9-7-5-4-6-8-9/h4-8,10-12H,1-3H3,(H2,18,21)(H,19,23). The van der Waals surface area contributed by atoms with Crippen LogP contribution in [0.4, 0.5) is 4.79 Å². The van der Waals surface area contributed by atoms with Crippen LogP contribution in [0.3, 0.4) is 0 Å². The zero-order valence-corrected chi connectivity index (χ0v) is 16.2. The van der Waals surface area contributed by atoms with Crippen molar-refractivity contribution in [1.29, 1.82) is 0 Å². The monoisotopic (exact) mass is 461 g/mol. The van der Waals surface area contributed by atoms with Crippen LogP contribution >= 0.6 is 22.6 Å². The third-order valence-electron chi connectivity index (χ3n) is 3.28. The molecule has 3 unspecified atom stereocenters. The molecule has 1 aromatic carbocycles. The lowest BCUT2D eigenvalue weighted by molar-refractivity contribution is -0.236. The van der Waals surface area contributed by atoms with Crippen molar-refractivity contribution in [1.82, 2.24) is 10.4 Å². The minimum atomic E-state index is -1.10. The van der Waals surface area contributed by atoms with Crippen molar-refractivity contribution in [3.05, 3.63) is 35.9 Å². The van der Waals surface area contributed by atoms with Crippen molar-refractivity contribution in [3.8, 4) is 0 Å². The number of ether oxygens (including phenoxy) is 1. The number of primary amides is 1. The summed E-state index contributed by atoms with van der Waals surface area (Å²) >= 11 is 1.99. The normalized spacial score (nSPS) is 21.3. The van der Waals surface area contributed by atoms with E-state index in [0.717, 1.165) is 10.6 Å². The summed E-state index contributed by atoms with van der Waals surface area (Å²) in [5.74, 6) is -1.34. The quantitative estimate of drug-likeness (QED) is 0.394. The fourth-order valence-electron chi connectivity index (χ4n) is 2.20. The molecular formula is C16H20IN3O5. The second kappa shape index (κ2) is 7.56. The molecule has 0 bridgehead atoms. The molecule has 1 aromatic rings. The number of halogens is 1. The Hall–Kier alpha value is -1.88. The third kappa shape index (κ3) is 4.82. The zero-order chi connectivity index (χ0) is 18.8. The number of nitrogens with two attached hydrogens (primary N) is 1. The Morgan fingerprint density at radius 1 is 1.28 bits per heavy atom. The van der Waals surface area contributed by atoms with Gasteiger partial charge in [-0.3, -0.25) is 14.4 Å². The number of hydrogen-bond donors (Lipinski definition) is 2. The average molecular weight is 461 g/mol. The van der Waals surface area contributed by atoms with Gasteiger partial charge in [-0.1, -0.05) is 30.3 Å². The SMILES string of the molecule is CC(C)(C)OC(=O)NC1C(=O)N(OC(I)c2ccccc2)C1C(N)=O. The zero-order valence-electron chi connectivity index (χ0n) is 14.1. The lowest BCUT2D eigenvalue weighted by Gasteiger charge is -2.44. The van der Waals surface area contributed by atoms with Crippen molar-refractivity contribution < 1.29 is 24.0 Å². The van der Waals surface area contributed by atoms with Gasteiger partial charge in [0.1, 0.15) is 11.6 Å². The molecule has 1 heterocycles. The third-order valence-corrected chi connectivity index (χ3v) is 4.23. The maximum absolute atomic E-state index is 12.3. The van der Waals surface area contributed by atoms with Crippen LogP contribution in [0.5, 0.6) is 0 Å². The summed E-state index contributed by atoms with van der Waals surface area (Å²) in [7, 11) is 0. The molecule has 25 heavy (non-hydrogen) atoms. The van der Waals surface area contributed by atoms with Crippen LogP contribution in [0.15, 0.2) is 30.3 Å². The van der Waals surface area contributed by atoms with Gasteiger partial charge in [-0.2, -0.15) is 0 Å². The number of alkyl halides is 1. The Morgan fingerprint density at radius 2 is 1.88 bits per heavy atom. The molecule has 0 aromatic heterocycles. The van der Waals surface area contributed by atoms with E-state index in [9.17, 15) is 14.4 Å². The number of hydrogen-bond acceptors (Lipinski definition) is 5. The van der Waals surface area contributed by atoms with Gasteiger partial charge in [0.15, 0.2) is 10.2 Å². The van der Waals surface area contributed by atoms with Gasteiger partial charge in [0.25, 0.3) is 5.91 Å². The van der Waals surface area contributed by atoms with E-state index in [1.165, 1.54) is 0 Å². The lowest BCUT2D eigenvalue weighted by Crippen LogP contribution is -2.74. The maximum Gasteiger partial charge on any atom is 0.408 e. The highest BCUT2D eigenvalue weighted by atomic mass is 127. The van der Waals surface area contributed by atoms with Gasteiger partial charge >= 0.3 is 6.09 Å². The largest absolute Gasteiger partial charge is 0.444 e. The van der Waals surface area contributed by atoms with E-state index in [1.807, 2.05) is 52.9 Å². The summed E-state index contributed by atoms with van der Waals surface area (Å²) in [6.45, 7) is 5.07. The van der Waals surface area contributed by atoms with Crippen LogP contribution in [0.25, 0.3) is 0 Å². The molecule has 9 heteroatoms. The van der Waals surface area contributed by atoms with Gasteiger partial charge in [-0.25, -0.2) is 9.86 Å². The maximum atomic E-state index is 12.3. The summed E-state index contributed by atoms with van der Waals surface area (Å²) in [5.41, 5.74) is 5.45. The Kier molecular flexibility index (Phi) is 5.88. The highest BCUT2D eigenvalue weighted by Gasteiger charge is 2.54. The molecule has 3 amide bonds. The van der Waals surface area contributed by atoms with E-state index in [4.69, 9.17) is 15.3 Å². The van der Waals surface area contributed by atoms with Gasteiger partial charge in [-0.15, -0.1) is 0 Å². The number of amides is 3. The van der Waals surface area contributed by atoms with Crippen LogP contribution in [-0.4, -0.2) is 40.7 Å². The number of carbonyl (C=O) groups is 3. The summed E-state index contributed by atoms with van der Waals surface area (Å²) in [6, 6.07) is 6.98. The molecule has 0 saturated carbocycles. The highest BCUT2D eigenvalue weighted by molar-refractivity contribution is 14.1. The summed E-state index contributed by atoms with van der Waals surface area (Å²) in [6.07, 6.45) is -0.800. The molecule has 136 valence electrons. The molecule has 3 N–H and O–H groups in total. The lowest BCUT2D eigenvalue weighted by atomic mass is 9.98. The van der Waals surface area contributed by atoms with Crippen LogP contribution in [0, 0.1) is 0 Å². The molecule has 1 fully saturated rings. The number of nitrogens with one attached hydrogen (secondary N) is 1. The van der Waals surface area contributed by atoms with Crippen LogP contribution in [0.1, 0.15) is 30.4 Å². The molecule has 0 radical (unpaired) electrons. The van der Waals surface area contributed by atoms with Gasteiger partial charge in [-0.05, 0) is 48.9 Å². The van der Waals surface area contributed by atoms with E-state index >= 15 is 0 Å². The molecular weight excluding hydrogens is 441 g/mol. The fraction of sp³-hybridized carbons (Fsp3) is 0.438. The van der Waals surface area contributed by atoms with Crippen molar-refractivity contribution >= 4 is 40.5 Å². The topological polar surface area (TPSA) is 111 Å². The minimum Gasteiger partial charge on any atom is -0.444 e. The van der Waals surface area contributed by atoms with Crippen LogP contribution in [0.2, 0.25) is 0 Å². The van der Waals surface area contributed by atoms with Crippen LogP contribution < -0.4 is 11.1 Å². The van der Waals surface area contributed by atoms with Crippen LogP contribution in [-0.2, 0) is 19.2 Å². The molecule has 1 saturated heterocycles. The first kappa shape index (κ1) is 19.4. The second-order valence-corrected chi connectivity index (χ2v) is 7.60. The number of β-lactam (4-membered cyclic amide) rings is 1. The number of alkyl carbamates (subject to hydrolysis) is 1. The molecule has 1 aliphatic rings. The number of hydroxylamine groups is 2. The molecule has 0 aliphatic carbocycles. The summed E-state index contributed by atoms with van der Waals surface area (Å²) in [5, 5.41) is 3.26. The number of rotatable bonds is 5. The smallest absolute Gasteiger partial charge is 0.408 e. The summed E-state index contributed by atoms with van der Waals surface area (Å²) in [4.78, 5) is 41.3. The summed E-state index contributed by atoms with van der Waals surface area (Å²) < 4.78 is 4.60. The Morgan fingerprint density at radius 3 is 2.40 bits per heavy atom. The van der Waals surface area contributed by atoms with E-state index in [2.05, 4.69) is 5.32 Å². The van der Waals surface area contributed by atoms with E-state index in [1.54, 1.807) is 20.8 Å². The van der Waals surface area contributed by atoms with Crippen molar-refractivity contribution in [3.63, 3.8) is 0 Å². The van der Waals surface area contributed by atoms with E-state index in [-0.39, 0.29) is 0 Å². The molecule has 2 rings (SSSR count). The van der Waals surface area contributed by atoms with E-state index in [0.29, 0.717) is 0 Å². The molecule has 0 spiro atoms. The first-order chi connectivity index (χ1) is 11.6. The van der Waals surface area contributed by atoms with Gasteiger partial charge in [0.2, 0.25) is 5.91 Å². The van der Waals surface area contributed by atoms with Gasteiger partial charge < -0.3 is 15.8 Å². The Bertz CT molecular complexity index is 661. The average Bonchev–Trinajstić information content (AvgIpc) is 2.51. The number of carbonyl (C=O) groups excluding carboxylic acids is 3. The van der Waals surface area contributed by atoms with Gasteiger partial charge in [0, 0.05) is 0 Å². The van der Waals surface area contributed by atoms with Crippen molar-refractivity contribution in [2.24, 2.45) is 5.73 Å². The predicted molar refractivity (Wildman–Crippen MR) is 97.3 cm³/mol. The molecule has 1 aliphatic heterocycles. The predicted octanol–water partition coefficient (Wildman–Crippen LogP) is 1.64. The second-order valence-electron chi connectivity index (χ2n) is 6.47. The fourth-order valence-corrected chi connectivity index (χ4v) is 2.86. The first-order valence-corrected chi connectivity index (χ1v) is 8.82. The first-order valence-electron chi connectivity index (χ1n) is 7.58. The number of benzene rings is 1. The highest BCUT2D eigenvalue weighted by Crippen LogP contribution is 2.31. The van der Waals surface area contributed by atoms with Crippen molar-refractivity contribution in [2.75, 3.05) is 0 Å². The van der Waals surface area contributed by atoms with Gasteiger partial charge in [0.05, 0.1) is 0 Å². The minimum absolute atomic E-state index is 0.493. The Balaban J connectivity index is 2.03. The molecule has 8 nitrogen and oxygen atoms in total. The van der Waals surface area contributed by atoms with E-state index < -0.39 is 39.7 Å². The number of nitrogens with zero attached hydrogens (tertiary/aromatic N) is 1. The van der Waals surface area contributed by atoms with Crippen molar-refractivity contribution in [2.45, 2.75) is 42.6 Å². The Labute approximate surface area is 159 Å². The molecule has 3 atom stereocenters.